The van der Waals surface area contributed by atoms with Crippen LogP contribution in [-0.2, 0) is 19.9 Å². The second kappa shape index (κ2) is 21.7. The van der Waals surface area contributed by atoms with E-state index >= 15 is 0 Å². The van der Waals surface area contributed by atoms with Crippen molar-refractivity contribution in [3.8, 4) is 0 Å². The average Bonchev–Trinajstić information content (AvgIpc) is 3.27. The number of anilines is 2. The third-order valence-corrected chi connectivity index (χ3v) is 16.3. The molecule has 0 unspecified atom stereocenters. The molecular weight excluding hydrogens is 908 g/mol. The van der Waals surface area contributed by atoms with Crippen molar-refractivity contribution in [3.63, 3.8) is 0 Å². The van der Waals surface area contributed by atoms with E-state index in [0.717, 1.165) is 87.8 Å². The highest BCUT2D eigenvalue weighted by molar-refractivity contribution is 7.99. The van der Waals surface area contributed by atoms with Crippen LogP contribution in [0.25, 0.3) is 0 Å². The molecule has 3 aliphatic rings. The van der Waals surface area contributed by atoms with E-state index in [1.165, 1.54) is 35.0 Å². The Hall–Kier alpha value is -4.01. The molecule has 2 aliphatic heterocycles. The van der Waals surface area contributed by atoms with Crippen molar-refractivity contribution in [1.29, 1.82) is 0 Å². The van der Waals surface area contributed by atoms with E-state index in [1.807, 2.05) is 35.1 Å². The third kappa shape index (κ3) is 13.8. The summed E-state index contributed by atoms with van der Waals surface area (Å²) in [5.41, 5.74) is -2.75. The molecule has 6 rings (SSSR count). The van der Waals surface area contributed by atoms with Crippen molar-refractivity contribution in [3.05, 3.63) is 102 Å². The fourth-order valence-corrected chi connectivity index (χ4v) is 11.4. The van der Waals surface area contributed by atoms with Gasteiger partial charge in [0.25, 0.3) is 32.2 Å². The lowest BCUT2D eigenvalue weighted by Gasteiger charge is -2.39. The number of hydrogen-bond donors (Lipinski definition) is 3. The fraction of sp³-hybridized carbons (Fsp3) is 0.500. The van der Waals surface area contributed by atoms with Gasteiger partial charge in [-0.05, 0) is 104 Å². The number of thioether (sulfide) groups is 1. The summed E-state index contributed by atoms with van der Waals surface area (Å²) in [5, 5.41) is 6.26. The number of nitrogens with one attached hydrogen (secondary N) is 3. The fourth-order valence-electron chi connectivity index (χ4n) is 8.37. The van der Waals surface area contributed by atoms with Gasteiger partial charge in [-0.25, -0.2) is 30.3 Å². The number of allylic oxidation sites excluding steroid dienone is 2. The first kappa shape index (κ1) is 50.4. The first-order valence-corrected chi connectivity index (χ1v) is 25.8. The standard InChI is InChI=1S/C46H59F5N6O5S3/c1-33(43(47)48)9-10-35-30-45(2,3)19-17-36(35)31-56-25-27-57(28-26-56)38-13-11-34(12-14-38)44(58)54-65(61,62)40-15-16-41(42(29-40)64(59,60)46(49,50)51)53-37(18-22-55-23-20-52-21-24-55)32-63-39-7-5-4-6-8-39/h4-8,11-16,29,37,43,52-53H,1,9-10,17-28,30-32H2,2-3H3,(H,54,58)/t37-/m1/s1. The first-order chi connectivity index (χ1) is 30.7. The van der Waals surface area contributed by atoms with E-state index in [4.69, 9.17) is 0 Å². The maximum absolute atomic E-state index is 14.2. The average molecular weight is 967 g/mol. The number of rotatable bonds is 19. The van der Waals surface area contributed by atoms with E-state index in [2.05, 4.69) is 45.8 Å². The summed E-state index contributed by atoms with van der Waals surface area (Å²) in [6, 6.07) is 17.5. The molecule has 1 atom stereocenters. The number of benzene rings is 3. The molecule has 65 heavy (non-hydrogen) atoms. The van der Waals surface area contributed by atoms with Gasteiger partial charge in [0.05, 0.1) is 10.6 Å². The lowest BCUT2D eigenvalue weighted by atomic mass is 9.73. The molecule has 0 saturated carbocycles. The smallest absolute Gasteiger partial charge is 0.380 e. The molecule has 3 N–H and O–H groups in total. The summed E-state index contributed by atoms with van der Waals surface area (Å²) >= 11 is 1.45. The normalized spacial score (nSPS) is 18.4. The summed E-state index contributed by atoms with van der Waals surface area (Å²) in [6.07, 6.45) is 1.61. The van der Waals surface area contributed by atoms with Gasteiger partial charge in [0.1, 0.15) is 4.90 Å². The molecule has 11 nitrogen and oxygen atoms in total. The van der Waals surface area contributed by atoms with Crippen LogP contribution in [0.3, 0.4) is 0 Å². The number of nitrogens with zero attached hydrogens (tertiary/aromatic N) is 3. The summed E-state index contributed by atoms with van der Waals surface area (Å²) in [6.45, 7) is 15.3. The van der Waals surface area contributed by atoms with Gasteiger partial charge in [0, 0.05) is 93.4 Å². The SMILES string of the molecule is C=C(CCC1=C(CN2CCN(c3ccc(C(=O)NS(=O)(=O)c4ccc(N[C@H](CCN5CCNCC5)CSc5ccccc5)c(S(=O)(=O)C(F)(F)F)c4)cc3)CC2)CCC(C)(C)C1)C(F)F. The number of carbonyl (C=O) groups excluding carboxylic acids is 1. The van der Waals surface area contributed by atoms with Crippen LogP contribution in [0.4, 0.5) is 33.3 Å². The lowest BCUT2D eigenvalue weighted by Crippen LogP contribution is -2.47. The van der Waals surface area contributed by atoms with E-state index in [0.29, 0.717) is 44.3 Å². The Morgan fingerprint density at radius 2 is 1.57 bits per heavy atom. The Morgan fingerprint density at radius 3 is 2.22 bits per heavy atom. The highest BCUT2D eigenvalue weighted by Crippen LogP contribution is 2.41. The third-order valence-electron chi connectivity index (χ3n) is 12.3. The Bertz CT molecular complexity index is 2370. The molecule has 1 amide bonds. The number of carbonyl (C=O) groups is 1. The molecule has 0 radical (unpaired) electrons. The van der Waals surface area contributed by atoms with Crippen LogP contribution < -0.4 is 20.3 Å². The number of halogens is 5. The number of piperazine rings is 2. The Labute approximate surface area is 384 Å². The van der Waals surface area contributed by atoms with Crippen LogP contribution in [0.5, 0.6) is 0 Å². The van der Waals surface area contributed by atoms with Gasteiger partial charge in [0.15, 0.2) is 0 Å². The molecule has 2 heterocycles. The van der Waals surface area contributed by atoms with Crippen molar-refractivity contribution in [2.24, 2.45) is 5.41 Å². The van der Waals surface area contributed by atoms with E-state index < -0.39 is 59.2 Å². The largest absolute Gasteiger partial charge is 0.501 e. The van der Waals surface area contributed by atoms with Crippen LogP contribution >= 0.6 is 11.8 Å². The second-order valence-corrected chi connectivity index (χ2v) is 22.4. The minimum absolute atomic E-state index is 0.0326. The van der Waals surface area contributed by atoms with Gasteiger partial charge in [-0.15, -0.1) is 11.8 Å². The molecular formula is C46H59F5N6O5S3. The maximum atomic E-state index is 14.2. The predicted octanol–water partition coefficient (Wildman–Crippen LogP) is 8.20. The molecule has 3 aromatic carbocycles. The van der Waals surface area contributed by atoms with Crippen molar-refractivity contribution in [2.75, 3.05) is 81.4 Å². The Morgan fingerprint density at radius 1 is 0.892 bits per heavy atom. The Balaban J connectivity index is 1.11. The van der Waals surface area contributed by atoms with Crippen LogP contribution in [0.15, 0.2) is 111 Å². The van der Waals surface area contributed by atoms with Gasteiger partial charge in [-0.2, -0.15) is 13.2 Å². The van der Waals surface area contributed by atoms with E-state index in [9.17, 15) is 43.6 Å². The summed E-state index contributed by atoms with van der Waals surface area (Å²) in [5.74, 6) is -0.678. The van der Waals surface area contributed by atoms with Crippen LogP contribution in [0, 0.1) is 5.41 Å². The lowest BCUT2D eigenvalue weighted by molar-refractivity contribution is -0.0435. The Kier molecular flexibility index (Phi) is 16.9. The molecule has 3 aromatic rings. The zero-order valence-corrected chi connectivity index (χ0v) is 39.3. The van der Waals surface area contributed by atoms with Gasteiger partial charge in [-0.3, -0.25) is 9.69 Å². The number of amides is 1. The zero-order valence-electron chi connectivity index (χ0n) is 36.8. The van der Waals surface area contributed by atoms with Crippen LogP contribution in [0.2, 0.25) is 0 Å². The quantitative estimate of drug-likeness (QED) is 0.0611. The zero-order chi connectivity index (χ0) is 47.0. The predicted molar refractivity (Wildman–Crippen MR) is 247 cm³/mol. The molecule has 356 valence electrons. The summed E-state index contributed by atoms with van der Waals surface area (Å²) in [7, 11) is -10.9. The molecule has 1 aliphatic carbocycles. The number of sulfone groups is 1. The topological polar surface area (TPSA) is 131 Å². The first-order valence-electron chi connectivity index (χ1n) is 21.8. The van der Waals surface area contributed by atoms with Gasteiger partial charge < -0.3 is 20.4 Å². The monoisotopic (exact) mass is 966 g/mol. The minimum atomic E-state index is -6.06. The van der Waals surface area contributed by atoms with Crippen molar-refractivity contribution < 1.29 is 43.6 Å². The van der Waals surface area contributed by atoms with Crippen molar-refractivity contribution in [2.45, 2.75) is 85.0 Å². The van der Waals surface area contributed by atoms with Crippen molar-refractivity contribution >= 4 is 48.9 Å². The summed E-state index contributed by atoms with van der Waals surface area (Å²) in [4.78, 5) is 18.8. The summed E-state index contributed by atoms with van der Waals surface area (Å²) < 4.78 is 124. The van der Waals surface area contributed by atoms with E-state index in [-0.39, 0.29) is 23.0 Å². The number of sulfonamides is 1. The molecule has 19 heteroatoms. The molecule has 2 fully saturated rings. The molecule has 0 aromatic heterocycles. The highest BCUT2D eigenvalue weighted by atomic mass is 32.2. The van der Waals surface area contributed by atoms with Crippen LogP contribution in [-0.4, -0.2) is 122 Å². The number of hydrogen-bond acceptors (Lipinski definition) is 11. The van der Waals surface area contributed by atoms with Crippen molar-refractivity contribution in [1.82, 2.24) is 19.8 Å². The molecule has 0 bridgehead atoms. The van der Waals surface area contributed by atoms with E-state index in [1.54, 1.807) is 12.1 Å². The van der Waals surface area contributed by atoms with Gasteiger partial charge in [-0.1, -0.05) is 49.8 Å². The van der Waals surface area contributed by atoms with Gasteiger partial charge >= 0.3 is 5.51 Å². The highest BCUT2D eigenvalue weighted by Gasteiger charge is 2.48. The van der Waals surface area contributed by atoms with Crippen LogP contribution in [0.1, 0.15) is 62.7 Å². The van der Waals surface area contributed by atoms with Gasteiger partial charge in [0.2, 0.25) is 0 Å². The minimum Gasteiger partial charge on any atom is -0.380 e. The second-order valence-electron chi connectivity index (χ2n) is 17.7. The molecule has 0 spiro atoms. The number of alkyl halides is 5. The molecule has 2 saturated heterocycles. The maximum Gasteiger partial charge on any atom is 0.501 e.